The van der Waals surface area contributed by atoms with E-state index in [1.165, 1.54) is 6.07 Å². The van der Waals surface area contributed by atoms with Gasteiger partial charge < -0.3 is 0 Å². The molecule has 1 aromatic heterocycles. The first kappa shape index (κ1) is 9.16. The van der Waals surface area contributed by atoms with E-state index in [1.807, 2.05) is 0 Å². The Hall–Kier alpha value is -1.41. The highest BCUT2D eigenvalue weighted by Gasteiger charge is 2.04. The molecule has 0 aliphatic carbocycles. The van der Waals surface area contributed by atoms with Crippen molar-refractivity contribution in [2.45, 2.75) is 0 Å². The fourth-order valence-corrected chi connectivity index (χ4v) is 1.42. The zero-order valence-corrected chi connectivity index (χ0v) is 8.00. The molecule has 0 atom stereocenters. The molecule has 0 amide bonds. The molecule has 0 radical (unpaired) electrons. The predicted molar refractivity (Wildman–Crippen MR) is 54.6 cm³/mol. The topological polar surface area (TPSA) is 12.9 Å². The lowest BCUT2D eigenvalue weighted by Gasteiger charge is -2.01. The lowest BCUT2D eigenvalue weighted by molar-refractivity contribution is 0.626. The van der Waals surface area contributed by atoms with E-state index in [0.29, 0.717) is 16.3 Å². The predicted octanol–water partition coefficient (Wildman–Crippen LogP) is 3.54. The molecule has 0 spiro atoms. The van der Waals surface area contributed by atoms with Crippen molar-refractivity contribution >= 4 is 11.6 Å². The molecule has 0 fully saturated rings. The lowest BCUT2D eigenvalue weighted by atomic mass is 10.1. The second kappa shape index (κ2) is 3.76. The lowest BCUT2D eigenvalue weighted by Crippen LogP contribution is -1.87. The smallest absolute Gasteiger partial charge is 0.149 e. The first-order chi connectivity index (χ1) is 6.77. The number of nitrogens with zero attached hydrogens (tertiary/aromatic N) is 1. The molecule has 1 nitrogen and oxygen atoms in total. The molecule has 2 rings (SSSR count). The minimum absolute atomic E-state index is 0.329. The van der Waals surface area contributed by atoms with Gasteiger partial charge in [-0.15, -0.1) is 0 Å². The SMILES string of the molecule is Fc1cccnc1-c1cccc(Cl)c1. The highest BCUT2D eigenvalue weighted by molar-refractivity contribution is 6.30. The maximum atomic E-state index is 13.3. The van der Waals surface area contributed by atoms with Gasteiger partial charge in [0.1, 0.15) is 11.5 Å². The van der Waals surface area contributed by atoms with Gasteiger partial charge in [-0.3, -0.25) is 4.98 Å². The maximum Gasteiger partial charge on any atom is 0.149 e. The van der Waals surface area contributed by atoms with Crippen LogP contribution in [0.3, 0.4) is 0 Å². The van der Waals surface area contributed by atoms with Gasteiger partial charge in [0.15, 0.2) is 0 Å². The quantitative estimate of drug-likeness (QED) is 0.697. The first-order valence-electron chi connectivity index (χ1n) is 4.14. The third kappa shape index (κ3) is 1.75. The molecule has 14 heavy (non-hydrogen) atoms. The van der Waals surface area contributed by atoms with Crippen molar-refractivity contribution in [1.29, 1.82) is 0 Å². The molecule has 0 saturated heterocycles. The number of benzene rings is 1. The van der Waals surface area contributed by atoms with E-state index in [1.54, 1.807) is 36.5 Å². The summed E-state index contributed by atoms with van der Waals surface area (Å²) in [4.78, 5) is 3.96. The summed E-state index contributed by atoms with van der Waals surface area (Å²) in [6, 6.07) is 9.91. The van der Waals surface area contributed by atoms with Crippen molar-refractivity contribution < 1.29 is 4.39 Å². The molecule has 0 N–H and O–H groups in total. The highest BCUT2D eigenvalue weighted by Crippen LogP contribution is 2.22. The Kier molecular flexibility index (Phi) is 2.46. The molecule has 0 aliphatic heterocycles. The summed E-state index contributed by atoms with van der Waals surface area (Å²) in [6.07, 6.45) is 1.55. The molecule has 0 aliphatic rings. The van der Waals surface area contributed by atoms with Crippen LogP contribution in [0.1, 0.15) is 0 Å². The van der Waals surface area contributed by atoms with Crippen LogP contribution in [0.4, 0.5) is 4.39 Å². The van der Waals surface area contributed by atoms with E-state index in [0.717, 1.165) is 0 Å². The number of pyridine rings is 1. The van der Waals surface area contributed by atoms with Gasteiger partial charge in [0, 0.05) is 16.8 Å². The molecular weight excluding hydrogens is 201 g/mol. The van der Waals surface area contributed by atoms with Gasteiger partial charge in [-0.2, -0.15) is 0 Å². The Morgan fingerprint density at radius 2 is 2.00 bits per heavy atom. The van der Waals surface area contributed by atoms with Crippen LogP contribution in [0.5, 0.6) is 0 Å². The monoisotopic (exact) mass is 207 g/mol. The minimum atomic E-state index is -0.338. The summed E-state index contributed by atoms with van der Waals surface area (Å²) in [5, 5.41) is 0.576. The average molecular weight is 208 g/mol. The van der Waals surface area contributed by atoms with Gasteiger partial charge in [0.05, 0.1) is 0 Å². The molecule has 0 bridgehead atoms. The summed E-state index contributed by atoms with van der Waals surface area (Å²) in [6.45, 7) is 0. The maximum absolute atomic E-state index is 13.3. The average Bonchev–Trinajstić information content (AvgIpc) is 2.18. The molecule has 1 aromatic carbocycles. The Morgan fingerprint density at radius 1 is 1.14 bits per heavy atom. The van der Waals surface area contributed by atoms with Gasteiger partial charge >= 0.3 is 0 Å². The zero-order chi connectivity index (χ0) is 9.97. The Labute approximate surface area is 86.2 Å². The van der Waals surface area contributed by atoms with Crippen LogP contribution in [0.25, 0.3) is 11.3 Å². The van der Waals surface area contributed by atoms with E-state index in [2.05, 4.69) is 4.98 Å². The third-order valence-corrected chi connectivity index (χ3v) is 2.09. The largest absolute Gasteiger partial charge is 0.253 e. The molecule has 70 valence electrons. The van der Waals surface area contributed by atoms with E-state index < -0.39 is 0 Å². The normalized spacial score (nSPS) is 10.1. The van der Waals surface area contributed by atoms with Crippen LogP contribution in [-0.2, 0) is 0 Å². The molecule has 3 heteroatoms. The van der Waals surface area contributed by atoms with Crippen LogP contribution >= 0.6 is 11.6 Å². The Bertz CT molecular complexity index is 457. The van der Waals surface area contributed by atoms with Crippen molar-refractivity contribution in [3.8, 4) is 11.3 Å². The Morgan fingerprint density at radius 3 is 2.71 bits per heavy atom. The van der Waals surface area contributed by atoms with Crippen LogP contribution in [0, 0.1) is 5.82 Å². The van der Waals surface area contributed by atoms with Crippen LogP contribution in [0.15, 0.2) is 42.6 Å². The summed E-state index contributed by atoms with van der Waals surface area (Å²) < 4.78 is 13.3. The highest BCUT2D eigenvalue weighted by atomic mass is 35.5. The van der Waals surface area contributed by atoms with Crippen molar-refractivity contribution in [1.82, 2.24) is 4.98 Å². The summed E-state index contributed by atoms with van der Waals surface area (Å²) in [5.41, 5.74) is 1.02. The van der Waals surface area contributed by atoms with Crippen LogP contribution in [-0.4, -0.2) is 4.98 Å². The molecule has 0 saturated carbocycles. The number of hydrogen-bond donors (Lipinski definition) is 0. The van der Waals surface area contributed by atoms with E-state index in [4.69, 9.17) is 11.6 Å². The van der Waals surface area contributed by atoms with Gasteiger partial charge in [-0.05, 0) is 24.3 Å². The van der Waals surface area contributed by atoms with Crippen molar-refractivity contribution in [3.05, 3.63) is 53.4 Å². The van der Waals surface area contributed by atoms with E-state index in [9.17, 15) is 4.39 Å². The van der Waals surface area contributed by atoms with Crippen molar-refractivity contribution in [2.24, 2.45) is 0 Å². The fourth-order valence-electron chi connectivity index (χ4n) is 1.23. The number of hydrogen-bond acceptors (Lipinski definition) is 1. The Balaban J connectivity index is 2.55. The molecule has 1 heterocycles. The standard InChI is InChI=1S/C11H7ClFN/c12-9-4-1-3-8(7-9)11-10(13)5-2-6-14-11/h1-7H. The van der Waals surface area contributed by atoms with Gasteiger partial charge in [-0.1, -0.05) is 23.7 Å². The molecular formula is C11H7ClFN. The fraction of sp³-hybridized carbons (Fsp3) is 0. The van der Waals surface area contributed by atoms with Gasteiger partial charge in [0.2, 0.25) is 0 Å². The van der Waals surface area contributed by atoms with E-state index in [-0.39, 0.29) is 5.82 Å². The second-order valence-electron chi connectivity index (χ2n) is 2.84. The minimum Gasteiger partial charge on any atom is -0.253 e. The van der Waals surface area contributed by atoms with Crippen molar-refractivity contribution in [2.75, 3.05) is 0 Å². The number of halogens is 2. The molecule has 2 aromatic rings. The van der Waals surface area contributed by atoms with Gasteiger partial charge in [-0.25, -0.2) is 4.39 Å². The zero-order valence-electron chi connectivity index (χ0n) is 7.24. The number of rotatable bonds is 1. The van der Waals surface area contributed by atoms with Crippen LogP contribution < -0.4 is 0 Å². The number of aromatic nitrogens is 1. The second-order valence-corrected chi connectivity index (χ2v) is 3.28. The first-order valence-corrected chi connectivity index (χ1v) is 4.51. The molecule has 0 unspecified atom stereocenters. The summed E-state index contributed by atoms with van der Waals surface area (Å²) >= 11 is 5.80. The third-order valence-electron chi connectivity index (χ3n) is 1.86. The summed E-state index contributed by atoms with van der Waals surface area (Å²) in [5.74, 6) is -0.338. The van der Waals surface area contributed by atoms with Crippen molar-refractivity contribution in [3.63, 3.8) is 0 Å². The van der Waals surface area contributed by atoms with Gasteiger partial charge in [0.25, 0.3) is 0 Å². The van der Waals surface area contributed by atoms with Crippen LogP contribution in [0.2, 0.25) is 5.02 Å². The van der Waals surface area contributed by atoms with E-state index >= 15 is 0 Å². The summed E-state index contributed by atoms with van der Waals surface area (Å²) in [7, 11) is 0.